The van der Waals surface area contributed by atoms with Crippen molar-refractivity contribution in [3.05, 3.63) is 109 Å². The summed E-state index contributed by atoms with van der Waals surface area (Å²) in [6.07, 6.45) is 3.75. The Bertz CT molecular complexity index is 1240. The van der Waals surface area contributed by atoms with E-state index in [0.717, 1.165) is 59.4 Å². The average Bonchev–Trinajstić information content (AvgIpc) is 2.91. The third-order valence-corrected chi connectivity index (χ3v) is 6.76. The smallest absolute Gasteiger partial charge is 0.236 e. The van der Waals surface area contributed by atoms with Crippen LogP contribution in [-0.4, -0.2) is 33.9 Å². The van der Waals surface area contributed by atoms with Crippen molar-refractivity contribution >= 4 is 11.6 Å². The molecule has 194 valence electrons. The maximum Gasteiger partial charge on any atom is 0.236 e. The van der Waals surface area contributed by atoms with Crippen molar-refractivity contribution in [1.82, 2.24) is 9.80 Å². The molecule has 4 nitrogen and oxygen atoms in total. The molecule has 0 saturated carbocycles. The van der Waals surface area contributed by atoms with E-state index >= 15 is 0 Å². The lowest BCUT2D eigenvalue weighted by atomic mass is 9.82. The van der Waals surface area contributed by atoms with Crippen LogP contribution in [0.25, 0.3) is 16.8 Å². The van der Waals surface area contributed by atoms with Gasteiger partial charge in [-0.1, -0.05) is 81.6 Å². The van der Waals surface area contributed by atoms with Crippen molar-refractivity contribution in [2.24, 2.45) is 0 Å². The fourth-order valence-corrected chi connectivity index (χ4v) is 4.62. The number of phenols is 1. The first-order chi connectivity index (χ1) is 17.7. The molecule has 3 aromatic carbocycles. The van der Waals surface area contributed by atoms with Gasteiger partial charge < -0.3 is 14.9 Å². The van der Waals surface area contributed by atoms with Crippen molar-refractivity contribution in [3.63, 3.8) is 0 Å². The first-order valence-electron chi connectivity index (χ1n) is 13.1. The zero-order valence-electron chi connectivity index (χ0n) is 22.7. The molecule has 0 aliphatic rings. The Labute approximate surface area is 222 Å². The molecule has 0 saturated heterocycles. The van der Waals surface area contributed by atoms with E-state index in [0.29, 0.717) is 6.54 Å². The minimum atomic E-state index is -0.777. The Morgan fingerprint density at radius 1 is 0.919 bits per heavy atom. The van der Waals surface area contributed by atoms with E-state index in [1.165, 1.54) is 0 Å². The van der Waals surface area contributed by atoms with Crippen LogP contribution in [-0.2, 0) is 16.8 Å². The standard InChI is InChI=1S/C33H40N2O2/c1-7-19-35(20-8-2)25(4)27-14-10-13-26(21-27)24-34(9-3)32(37)33(5,6)30-17-11-15-28(22-30)29-16-12-18-31(36)23-29/h9-18,21-23,36H,3-4,7-8,19-20,24H2,1-2,5-6H3. The number of phenolic OH excluding ortho intramolecular Hbond substituents is 1. The molecule has 0 bridgehead atoms. The third kappa shape index (κ3) is 6.71. The van der Waals surface area contributed by atoms with Crippen molar-refractivity contribution in [2.75, 3.05) is 13.1 Å². The summed E-state index contributed by atoms with van der Waals surface area (Å²) in [5, 5.41) is 9.89. The fourth-order valence-electron chi connectivity index (χ4n) is 4.62. The van der Waals surface area contributed by atoms with E-state index < -0.39 is 5.41 Å². The maximum atomic E-state index is 13.8. The minimum absolute atomic E-state index is 0.0293. The van der Waals surface area contributed by atoms with E-state index in [2.05, 4.69) is 44.0 Å². The molecule has 0 unspecified atom stereocenters. The summed E-state index contributed by atoms with van der Waals surface area (Å²) >= 11 is 0. The van der Waals surface area contributed by atoms with Crippen molar-refractivity contribution in [3.8, 4) is 16.9 Å². The number of carbonyl (C=O) groups is 1. The van der Waals surface area contributed by atoms with Gasteiger partial charge in [0.05, 0.1) is 12.0 Å². The van der Waals surface area contributed by atoms with E-state index in [1.54, 1.807) is 23.2 Å². The third-order valence-electron chi connectivity index (χ3n) is 6.76. The topological polar surface area (TPSA) is 43.8 Å². The second-order valence-electron chi connectivity index (χ2n) is 10.0. The molecule has 1 N–H and O–H groups in total. The highest BCUT2D eigenvalue weighted by molar-refractivity contribution is 5.88. The van der Waals surface area contributed by atoms with E-state index in [-0.39, 0.29) is 11.7 Å². The van der Waals surface area contributed by atoms with Gasteiger partial charge in [0.2, 0.25) is 5.91 Å². The highest BCUT2D eigenvalue weighted by atomic mass is 16.3. The highest BCUT2D eigenvalue weighted by Crippen LogP contribution is 2.31. The summed E-state index contributed by atoms with van der Waals surface area (Å²) in [5.74, 6) is 0.187. The van der Waals surface area contributed by atoms with Crippen LogP contribution >= 0.6 is 0 Å². The van der Waals surface area contributed by atoms with E-state index in [4.69, 9.17) is 0 Å². The van der Waals surface area contributed by atoms with E-state index in [9.17, 15) is 9.90 Å². The molecule has 37 heavy (non-hydrogen) atoms. The zero-order chi connectivity index (χ0) is 27.0. The first-order valence-corrected chi connectivity index (χ1v) is 13.1. The molecule has 4 heteroatoms. The summed E-state index contributed by atoms with van der Waals surface area (Å²) in [6.45, 7) is 18.9. The zero-order valence-corrected chi connectivity index (χ0v) is 22.7. The van der Waals surface area contributed by atoms with Gasteiger partial charge >= 0.3 is 0 Å². The Kier molecular flexibility index (Phi) is 9.35. The number of benzene rings is 3. The number of amides is 1. The maximum absolute atomic E-state index is 13.8. The molecule has 0 fully saturated rings. The van der Waals surface area contributed by atoms with Gasteiger partial charge in [0.25, 0.3) is 0 Å². The molecule has 0 spiro atoms. The normalized spacial score (nSPS) is 11.1. The second kappa shape index (κ2) is 12.4. The molecule has 0 radical (unpaired) electrons. The van der Waals surface area contributed by atoms with Gasteiger partial charge in [-0.25, -0.2) is 0 Å². The minimum Gasteiger partial charge on any atom is -0.508 e. The number of hydrogen-bond acceptors (Lipinski definition) is 3. The average molecular weight is 497 g/mol. The quantitative estimate of drug-likeness (QED) is 0.281. The van der Waals surface area contributed by atoms with Crippen LogP contribution in [0.3, 0.4) is 0 Å². The van der Waals surface area contributed by atoms with Crippen LogP contribution in [0.15, 0.2) is 92.2 Å². The summed E-state index contributed by atoms with van der Waals surface area (Å²) < 4.78 is 0. The Balaban J connectivity index is 1.83. The lowest BCUT2D eigenvalue weighted by molar-refractivity contribution is -0.134. The number of nitrogens with zero attached hydrogens (tertiary/aromatic N) is 2. The van der Waals surface area contributed by atoms with Gasteiger partial charge in [0.15, 0.2) is 0 Å². The van der Waals surface area contributed by atoms with Crippen molar-refractivity contribution < 1.29 is 9.90 Å². The van der Waals surface area contributed by atoms with Crippen LogP contribution in [0.5, 0.6) is 5.75 Å². The van der Waals surface area contributed by atoms with Crippen LogP contribution in [0.2, 0.25) is 0 Å². The number of hydrogen-bond donors (Lipinski definition) is 1. The lowest BCUT2D eigenvalue weighted by Crippen LogP contribution is -2.40. The second-order valence-corrected chi connectivity index (χ2v) is 10.0. The SMILES string of the molecule is C=CN(Cc1cccc(C(=C)N(CCC)CCC)c1)C(=O)C(C)(C)c1cccc(-c2cccc(O)c2)c1. The van der Waals surface area contributed by atoms with Crippen LogP contribution in [0.1, 0.15) is 57.2 Å². The summed E-state index contributed by atoms with van der Waals surface area (Å²) in [4.78, 5) is 17.8. The van der Waals surface area contributed by atoms with Crippen molar-refractivity contribution in [1.29, 1.82) is 0 Å². The number of carbonyl (C=O) groups excluding carboxylic acids is 1. The summed E-state index contributed by atoms with van der Waals surface area (Å²) in [5.41, 5.74) is 5.12. The lowest BCUT2D eigenvalue weighted by Gasteiger charge is -2.31. The van der Waals surface area contributed by atoms with Crippen LogP contribution in [0.4, 0.5) is 0 Å². The fraction of sp³-hybridized carbons (Fsp3) is 0.303. The van der Waals surface area contributed by atoms with Gasteiger partial charge in [-0.15, -0.1) is 0 Å². The molecule has 0 heterocycles. The van der Waals surface area contributed by atoms with Gasteiger partial charge in [-0.05, 0) is 78.9 Å². The first kappa shape index (κ1) is 27.8. The van der Waals surface area contributed by atoms with Gasteiger partial charge in [0.1, 0.15) is 5.75 Å². The molecule has 0 aromatic heterocycles. The molecule has 3 rings (SSSR count). The predicted molar refractivity (Wildman–Crippen MR) is 155 cm³/mol. The molecule has 0 atom stereocenters. The van der Waals surface area contributed by atoms with Gasteiger partial charge in [-0.3, -0.25) is 4.79 Å². The Morgan fingerprint density at radius 3 is 2.16 bits per heavy atom. The van der Waals surface area contributed by atoms with Crippen LogP contribution in [0, 0.1) is 0 Å². The molecule has 0 aliphatic heterocycles. The molecule has 0 aliphatic carbocycles. The predicted octanol–water partition coefficient (Wildman–Crippen LogP) is 7.60. The monoisotopic (exact) mass is 496 g/mol. The van der Waals surface area contributed by atoms with Crippen LogP contribution < -0.4 is 0 Å². The summed E-state index contributed by atoms with van der Waals surface area (Å²) in [7, 11) is 0. The molecular weight excluding hydrogens is 456 g/mol. The summed E-state index contributed by atoms with van der Waals surface area (Å²) in [6, 6.07) is 23.4. The largest absolute Gasteiger partial charge is 0.508 e. The Hall–Kier alpha value is -3.79. The molecule has 3 aromatic rings. The van der Waals surface area contributed by atoms with Crippen molar-refractivity contribution in [2.45, 2.75) is 52.5 Å². The van der Waals surface area contributed by atoms with Gasteiger partial charge in [0, 0.05) is 18.8 Å². The molecular formula is C33H40N2O2. The van der Waals surface area contributed by atoms with Gasteiger partial charge in [-0.2, -0.15) is 0 Å². The highest BCUT2D eigenvalue weighted by Gasteiger charge is 2.33. The number of aromatic hydroxyl groups is 1. The Morgan fingerprint density at radius 2 is 1.54 bits per heavy atom. The van der Waals surface area contributed by atoms with E-state index in [1.807, 2.05) is 62.4 Å². The number of rotatable bonds is 12. The molecule has 1 amide bonds.